The molecule has 0 spiro atoms. The molecule has 0 radical (unpaired) electrons. The lowest BCUT2D eigenvalue weighted by molar-refractivity contribution is 0.310. The molecule has 4 rings (SSSR count). The SMILES string of the molecule is CC(C)c1ccc2cc3c(nc2c1)NN(C1CC1)CC3. The number of nitrogens with zero attached hydrogens (tertiary/aromatic N) is 2. The Bertz CT molecular complexity index is 659. The van der Waals surface area contributed by atoms with Crippen LogP contribution in [-0.2, 0) is 6.42 Å². The van der Waals surface area contributed by atoms with Gasteiger partial charge in [-0.1, -0.05) is 26.0 Å². The molecule has 1 aromatic carbocycles. The summed E-state index contributed by atoms with van der Waals surface area (Å²) < 4.78 is 0. The summed E-state index contributed by atoms with van der Waals surface area (Å²) in [4.78, 5) is 4.87. The number of aromatic nitrogens is 1. The third kappa shape index (κ3) is 2.06. The van der Waals surface area contributed by atoms with Crippen molar-refractivity contribution in [1.29, 1.82) is 0 Å². The van der Waals surface area contributed by atoms with Crippen molar-refractivity contribution in [2.75, 3.05) is 12.0 Å². The van der Waals surface area contributed by atoms with E-state index in [1.165, 1.54) is 29.4 Å². The molecule has 1 fully saturated rings. The number of benzene rings is 1. The van der Waals surface area contributed by atoms with Crippen LogP contribution in [0.2, 0.25) is 0 Å². The molecule has 2 aromatic rings. The Balaban J connectivity index is 1.75. The molecule has 1 N–H and O–H groups in total. The number of hydrogen-bond donors (Lipinski definition) is 1. The average molecular weight is 267 g/mol. The highest BCUT2D eigenvalue weighted by Gasteiger charge is 2.31. The molecule has 0 amide bonds. The number of nitrogens with one attached hydrogen (secondary N) is 1. The van der Waals surface area contributed by atoms with E-state index < -0.39 is 0 Å². The summed E-state index contributed by atoms with van der Waals surface area (Å²) in [5.41, 5.74) is 7.35. The smallest absolute Gasteiger partial charge is 0.144 e. The van der Waals surface area contributed by atoms with Crippen LogP contribution in [0.3, 0.4) is 0 Å². The molecule has 0 atom stereocenters. The minimum atomic E-state index is 0.549. The highest BCUT2D eigenvalue weighted by molar-refractivity contribution is 5.82. The number of fused-ring (bicyclic) bond motifs is 2. The number of hydrogen-bond acceptors (Lipinski definition) is 3. The van der Waals surface area contributed by atoms with Crippen molar-refractivity contribution in [3.05, 3.63) is 35.4 Å². The number of anilines is 1. The van der Waals surface area contributed by atoms with Crippen LogP contribution in [0.15, 0.2) is 24.3 Å². The van der Waals surface area contributed by atoms with E-state index in [2.05, 4.69) is 48.5 Å². The monoisotopic (exact) mass is 267 g/mol. The van der Waals surface area contributed by atoms with Crippen LogP contribution in [0, 0.1) is 0 Å². The molecule has 1 saturated carbocycles. The zero-order valence-electron chi connectivity index (χ0n) is 12.2. The van der Waals surface area contributed by atoms with Gasteiger partial charge in [-0.3, -0.25) is 0 Å². The third-order valence-corrected chi connectivity index (χ3v) is 4.45. The Morgan fingerprint density at radius 2 is 2.10 bits per heavy atom. The van der Waals surface area contributed by atoms with Gasteiger partial charge < -0.3 is 5.43 Å². The van der Waals surface area contributed by atoms with E-state index >= 15 is 0 Å². The summed E-state index contributed by atoms with van der Waals surface area (Å²) in [7, 11) is 0. The van der Waals surface area contributed by atoms with Gasteiger partial charge in [0.25, 0.3) is 0 Å². The first-order valence-electron chi connectivity index (χ1n) is 7.67. The molecule has 0 bridgehead atoms. The van der Waals surface area contributed by atoms with Crippen molar-refractivity contribution < 1.29 is 0 Å². The van der Waals surface area contributed by atoms with Gasteiger partial charge in [-0.25, -0.2) is 9.99 Å². The van der Waals surface area contributed by atoms with Crippen molar-refractivity contribution in [3.8, 4) is 0 Å². The van der Waals surface area contributed by atoms with Gasteiger partial charge in [0, 0.05) is 18.0 Å². The van der Waals surface area contributed by atoms with E-state index in [1.54, 1.807) is 0 Å². The fourth-order valence-corrected chi connectivity index (χ4v) is 2.97. The van der Waals surface area contributed by atoms with Crippen molar-refractivity contribution in [2.45, 2.75) is 45.1 Å². The zero-order valence-corrected chi connectivity index (χ0v) is 12.2. The fraction of sp³-hybridized carbons (Fsp3) is 0.471. The summed E-state index contributed by atoms with van der Waals surface area (Å²) >= 11 is 0. The normalized spacial score (nSPS) is 19.1. The van der Waals surface area contributed by atoms with E-state index in [4.69, 9.17) is 4.98 Å². The predicted octanol–water partition coefficient (Wildman–Crippen LogP) is 3.71. The molecule has 104 valence electrons. The number of rotatable bonds is 2. The van der Waals surface area contributed by atoms with E-state index in [0.717, 1.165) is 30.3 Å². The summed E-state index contributed by atoms with van der Waals surface area (Å²) in [6, 6.07) is 9.72. The maximum Gasteiger partial charge on any atom is 0.144 e. The lowest BCUT2D eigenvalue weighted by atomic mass is 10.00. The van der Waals surface area contributed by atoms with Crippen LogP contribution in [0.1, 0.15) is 43.7 Å². The second-order valence-corrected chi connectivity index (χ2v) is 6.39. The Hall–Kier alpha value is -1.61. The number of hydrazine groups is 1. The van der Waals surface area contributed by atoms with Crippen molar-refractivity contribution in [1.82, 2.24) is 9.99 Å². The Labute approximate surface area is 120 Å². The van der Waals surface area contributed by atoms with Crippen molar-refractivity contribution >= 4 is 16.7 Å². The first-order valence-corrected chi connectivity index (χ1v) is 7.67. The second kappa shape index (κ2) is 4.45. The molecule has 1 aromatic heterocycles. The molecule has 0 saturated heterocycles. The van der Waals surface area contributed by atoms with Crippen LogP contribution in [0.4, 0.5) is 5.82 Å². The first kappa shape index (κ1) is 12.2. The lowest BCUT2D eigenvalue weighted by Gasteiger charge is -2.29. The molecule has 3 heteroatoms. The van der Waals surface area contributed by atoms with E-state index in [9.17, 15) is 0 Å². The van der Waals surface area contributed by atoms with E-state index in [-0.39, 0.29) is 0 Å². The minimum Gasteiger partial charge on any atom is -0.303 e. The molecular weight excluding hydrogens is 246 g/mol. The highest BCUT2D eigenvalue weighted by Crippen LogP contribution is 2.32. The topological polar surface area (TPSA) is 28.2 Å². The Kier molecular flexibility index (Phi) is 2.71. The van der Waals surface area contributed by atoms with E-state index in [1.807, 2.05) is 0 Å². The van der Waals surface area contributed by atoms with Crippen molar-refractivity contribution in [3.63, 3.8) is 0 Å². The Morgan fingerprint density at radius 3 is 2.85 bits per heavy atom. The standard InChI is InChI=1S/C17H21N3/c1-11(2)12-3-4-13-9-14-7-8-20(15-5-6-15)19-17(14)18-16(13)10-12/h3-4,9-11,15H,5-8H2,1-2H3,(H,18,19). The highest BCUT2D eigenvalue weighted by atomic mass is 15.5. The number of pyridine rings is 1. The minimum absolute atomic E-state index is 0.549. The molecular formula is C17H21N3. The van der Waals surface area contributed by atoms with Crippen LogP contribution in [-0.4, -0.2) is 22.6 Å². The first-order chi connectivity index (χ1) is 9.70. The molecule has 1 aliphatic carbocycles. The Morgan fingerprint density at radius 1 is 1.25 bits per heavy atom. The van der Waals surface area contributed by atoms with Crippen LogP contribution in [0.25, 0.3) is 10.9 Å². The largest absolute Gasteiger partial charge is 0.303 e. The van der Waals surface area contributed by atoms with Gasteiger partial charge in [0.15, 0.2) is 0 Å². The van der Waals surface area contributed by atoms with Gasteiger partial charge in [-0.05, 0) is 48.4 Å². The summed E-state index contributed by atoms with van der Waals surface area (Å²) in [6.45, 7) is 5.56. The maximum absolute atomic E-state index is 4.87. The molecule has 20 heavy (non-hydrogen) atoms. The van der Waals surface area contributed by atoms with Gasteiger partial charge in [0.2, 0.25) is 0 Å². The molecule has 2 heterocycles. The van der Waals surface area contributed by atoms with Crippen LogP contribution in [0.5, 0.6) is 0 Å². The maximum atomic E-state index is 4.87. The lowest BCUT2D eigenvalue weighted by Crippen LogP contribution is -2.38. The molecule has 2 aliphatic rings. The van der Waals surface area contributed by atoms with Gasteiger partial charge in [-0.15, -0.1) is 0 Å². The quantitative estimate of drug-likeness (QED) is 0.899. The predicted molar refractivity (Wildman–Crippen MR) is 82.9 cm³/mol. The van der Waals surface area contributed by atoms with Crippen molar-refractivity contribution in [2.24, 2.45) is 0 Å². The summed E-state index contributed by atoms with van der Waals surface area (Å²) in [5.74, 6) is 1.62. The van der Waals surface area contributed by atoms with Crippen LogP contribution < -0.4 is 5.43 Å². The summed E-state index contributed by atoms with van der Waals surface area (Å²) in [5, 5.41) is 3.63. The third-order valence-electron chi connectivity index (χ3n) is 4.45. The van der Waals surface area contributed by atoms with Gasteiger partial charge >= 0.3 is 0 Å². The second-order valence-electron chi connectivity index (χ2n) is 6.39. The molecule has 1 aliphatic heterocycles. The molecule has 3 nitrogen and oxygen atoms in total. The van der Waals surface area contributed by atoms with Gasteiger partial charge in [-0.2, -0.15) is 0 Å². The van der Waals surface area contributed by atoms with E-state index in [0.29, 0.717) is 5.92 Å². The molecule has 0 unspecified atom stereocenters. The average Bonchev–Trinajstić information content (AvgIpc) is 3.28. The zero-order chi connectivity index (χ0) is 13.7. The van der Waals surface area contributed by atoms with Gasteiger partial charge in [0.1, 0.15) is 5.82 Å². The summed E-state index contributed by atoms with van der Waals surface area (Å²) in [6.07, 6.45) is 3.76. The van der Waals surface area contributed by atoms with Crippen LogP contribution >= 0.6 is 0 Å². The van der Waals surface area contributed by atoms with Gasteiger partial charge in [0.05, 0.1) is 5.52 Å². The fourth-order valence-electron chi connectivity index (χ4n) is 2.97.